The number of aryl methyl sites for hydroxylation is 1. The first-order valence-corrected chi connectivity index (χ1v) is 11.2. The highest BCUT2D eigenvalue weighted by Crippen LogP contribution is 2.18. The van der Waals surface area contributed by atoms with E-state index in [2.05, 4.69) is 51.5 Å². The van der Waals surface area contributed by atoms with Crippen LogP contribution < -0.4 is 15.5 Å². The van der Waals surface area contributed by atoms with Crippen molar-refractivity contribution in [2.24, 2.45) is 4.99 Å². The van der Waals surface area contributed by atoms with E-state index in [1.807, 2.05) is 27.0 Å². The summed E-state index contributed by atoms with van der Waals surface area (Å²) < 4.78 is 12.0. The minimum Gasteiger partial charge on any atom is -0.357 e. The number of aliphatic imine (C=N–C) groups is 1. The molecular weight excluding hydrogens is 485 g/mol. The number of aromatic nitrogens is 1. The summed E-state index contributed by atoms with van der Waals surface area (Å²) in [5.41, 5.74) is 1.19. The van der Waals surface area contributed by atoms with E-state index in [4.69, 9.17) is 0 Å². The van der Waals surface area contributed by atoms with E-state index < -0.39 is 10.8 Å². The van der Waals surface area contributed by atoms with Gasteiger partial charge in [0.05, 0.1) is 6.54 Å². The Balaban J connectivity index is 0.00000392. The number of piperidine rings is 1. The molecule has 28 heavy (non-hydrogen) atoms. The Morgan fingerprint density at radius 3 is 2.54 bits per heavy atom. The molecular formula is C20H36IN5OS. The molecule has 1 unspecified atom stereocenters. The van der Waals surface area contributed by atoms with Gasteiger partial charge in [-0.25, -0.2) is 4.98 Å². The van der Waals surface area contributed by atoms with Crippen LogP contribution in [0.1, 0.15) is 46.1 Å². The number of nitrogens with one attached hydrogen (secondary N) is 2. The first kappa shape index (κ1) is 25.1. The molecule has 1 aromatic heterocycles. The molecule has 0 aromatic carbocycles. The Hall–Kier alpha value is -0.900. The standard InChI is InChI=1S/C20H35N5OS.HI/c1-6-21-19(22-11-14-27(26)20(3,4)5)24-17-9-12-25(13-10-17)18-8-7-16(2)15-23-18;/h7-8,15,17H,6,9-14H2,1-5H3,(H2,21,22,24);1H. The SMILES string of the molecule is CCNC(=NCCS(=O)C(C)(C)C)NC1CCN(c2ccc(C)cn2)CC1.I. The molecule has 0 aliphatic carbocycles. The maximum atomic E-state index is 12.2. The molecule has 160 valence electrons. The van der Waals surface area contributed by atoms with Gasteiger partial charge in [-0.2, -0.15) is 0 Å². The minimum absolute atomic E-state index is 0. The van der Waals surface area contributed by atoms with E-state index in [9.17, 15) is 4.21 Å². The fraction of sp³-hybridized carbons (Fsp3) is 0.700. The molecule has 8 heteroatoms. The van der Waals surface area contributed by atoms with Crippen LogP contribution in [0.5, 0.6) is 0 Å². The smallest absolute Gasteiger partial charge is 0.191 e. The molecule has 1 saturated heterocycles. The first-order valence-electron chi connectivity index (χ1n) is 9.90. The number of guanidine groups is 1. The molecule has 2 heterocycles. The lowest BCUT2D eigenvalue weighted by Crippen LogP contribution is -2.49. The maximum Gasteiger partial charge on any atom is 0.191 e. The Morgan fingerprint density at radius 2 is 2.00 bits per heavy atom. The van der Waals surface area contributed by atoms with Gasteiger partial charge < -0.3 is 15.5 Å². The third-order valence-corrected chi connectivity index (χ3v) is 6.55. The maximum absolute atomic E-state index is 12.2. The molecule has 0 saturated carbocycles. The summed E-state index contributed by atoms with van der Waals surface area (Å²) in [6.07, 6.45) is 4.03. The fourth-order valence-electron chi connectivity index (χ4n) is 2.96. The van der Waals surface area contributed by atoms with E-state index in [1.54, 1.807) is 0 Å². The van der Waals surface area contributed by atoms with Crippen LogP contribution in [0.25, 0.3) is 0 Å². The number of anilines is 1. The van der Waals surface area contributed by atoms with Crippen molar-refractivity contribution in [1.29, 1.82) is 0 Å². The van der Waals surface area contributed by atoms with E-state index in [0.29, 0.717) is 18.3 Å². The van der Waals surface area contributed by atoms with Gasteiger partial charge in [0.1, 0.15) is 5.82 Å². The molecule has 0 bridgehead atoms. The monoisotopic (exact) mass is 521 g/mol. The van der Waals surface area contributed by atoms with Gasteiger partial charge in [0.15, 0.2) is 5.96 Å². The van der Waals surface area contributed by atoms with Gasteiger partial charge in [-0.05, 0) is 59.1 Å². The third kappa shape index (κ3) is 8.23. The number of hydrogen-bond donors (Lipinski definition) is 2. The topological polar surface area (TPSA) is 69.6 Å². The van der Waals surface area contributed by atoms with Crippen molar-refractivity contribution in [2.75, 3.05) is 36.8 Å². The molecule has 0 spiro atoms. The largest absolute Gasteiger partial charge is 0.357 e. The van der Waals surface area contributed by atoms with Crippen LogP contribution in [-0.2, 0) is 10.8 Å². The molecule has 1 aliphatic rings. The van der Waals surface area contributed by atoms with Gasteiger partial charge in [0.25, 0.3) is 0 Å². The zero-order chi connectivity index (χ0) is 19.9. The van der Waals surface area contributed by atoms with E-state index in [1.165, 1.54) is 5.56 Å². The molecule has 1 atom stereocenters. The summed E-state index contributed by atoms with van der Waals surface area (Å²) in [6, 6.07) is 4.62. The average molecular weight is 522 g/mol. The number of hydrogen-bond acceptors (Lipinski definition) is 4. The second-order valence-electron chi connectivity index (χ2n) is 8.02. The van der Waals surface area contributed by atoms with Crippen LogP contribution in [0.2, 0.25) is 0 Å². The Labute approximate surface area is 189 Å². The van der Waals surface area contributed by atoms with Gasteiger partial charge in [0.2, 0.25) is 0 Å². The zero-order valence-corrected chi connectivity index (χ0v) is 21.0. The second-order valence-corrected chi connectivity index (χ2v) is 10.3. The van der Waals surface area contributed by atoms with Crippen LogP contribution in [0, 0.1) is 6.92 Å². The molecule has 6 nitrogen and oxygen atoms in total. The number of pyridine rings is 1. The van der Waals surface area contributed by atoms with Crippen molar-refractivity contribution in [2.45, 2.75) is 58.2 Å². The van der Waals surface area contributed by atoms with Crippen molar-refractivity contribution in [3.8, 4) is 0 Å². The van der Waals surface area contributed by atoms with Crippen LogP contribution in [0.4, 0.5) is 5.82 Å². The summed E-state index contributed by atoms with van der Waals surface area (Å²) in [5.74, 6) is 2.48. The molecule has 1 aromatic rings. The molecule has 2 rings (SSSR count). The van der Waals surface area contributed by atoms with Gasteiger partial charge in [-0.1, -0.05) is 6.07 Å². The van der Waals surface area contributed by atoms with Gasteiger partial charge in [-0.15, -0.1) is 24.0 Å². The van der Waals surface area contributed by atoms with Gasteiger partial charge >= 0.3 is 0 Å². The van der Waals surface area contributed by atoms with Crippen LogP contribution in [-0.4, -0.2) is 57.9 Å². The van der Waals surface area contributed by atoms with Crippen molar-refractivity contribution in [3.63, 3.8) is 0 Å². The van der Waals surface area contributed by atoms with Gasteiger partial charge in [-0.3, -0.25) is 9.20 Å². The quantitative estimate of drug-likeness (QED) is 0.342. The third-order valence-electron chi connectivity index (χ3n) is 4.63. The Bertz CT molecular complexity index is 637. The van der Waals surface area contributed by atoms with Crippen LogP contribution >= 0.6 is 24.0 Å². The van der Waals surface area contributed by atoms with E-state index in [0.717, 1.165) is 44.3 Å². The Kier molecular flexibility index (Phi) is 10.7. The van der Waals surface area contributed by atoms with Crippen molar-refractivity contribution < 1.29 is 4.21 Å². The summed E-state index contributed by atoms with van der Waals surface area (Å²) in [7, 11) is -0.868. The van der Waals surface area contributed by atoms with Crippen molar-refractivity contribution in [3.05, 3.63) is 23.9 Å². The second kappa shape index (κ2) is 11.9. The summed E-state index contributed by atoms with van der Waals surface area (Å²) >= 11 is 0. The highest BCUT2D eigenvalue weighted by atomic mass is 127. The van der Waals surface area contributed by atoms with Crippen molar-refractivity contribution >= 4 is 46.6 Å². The lowest BCUT2D eigenvalue weighted by Gasteiger charge is -2.33. The predicted octanol–water partition coefficient (Wildman–Crippen LogP) is 3.08. The number of halogens is 1. The fourth-order valence-corrected chi connectivity index (χ4v) is 3.83. The normalized spacial score (nSPS) is 17.0. The zero-order valence-electron chi connectivity index (χ0n) is 17.8. The predicted molar refractivity (Wildman–Crippen MR) is 132 cm³/mol. The number of nitrogens with zero attached hydrogens (tertiary/aromatic N) is 3. The number of rotatable bonds is 6. The summed E-state index contributed by atoms with van der Waals surface area (Å²) in [6.45, 7) is 13.5. The summed E-state index contributed by atoms with van der Waals surface area (Å²) in [4.78, 5) is 11.5. The highest BCUT2D eigenvalue weighted by Gasteiger charge is 2.21. The minimum atomic E-state index is -0.868. The first-order chi connectivity index (χ1) is 12.8. The molecule has 1 aliphatic heterocycles. The Morgan fingerprint density at radius 1 is 1.32 bits per heavy atom. The lowest BCUT2D eigenvalue weighted by molar-refractivity contribution is 0.459. The van der Waals surface area contributed by atoms with E-state index >= 15 is 0 Å². The lowest BCUT2D eigenvalue weighted by atomic mass is 10.1. The van der Waals surface area contributed by atoms with Crippen LogP contribution in [0.15, 0.2) is 23.3 Å². The van der Waals surface area contributed by atoms with Crippen molar-refractivity contribution in [1.82, 2.24) is 15.6 Å². The molecule has 0 radical (unpaired) electrons. The molecule has 2 N–H and O–H groups in total. The highest BCUT2D eigenvalue weighted by molar-refractivity contribution is 14.0. The average Bonchev–Trinajstić information content (AvgIpc) is 2.62. The van der Waals surface area contributed by atoms with Gasteiger partial charge in [0, 0.05) is 53.2 Å². The molecule has 1 fully saturated rings. The van der Waals surface area contributed by atoms with Crippen LogP contribution in [0.3, 0.4) is 0 Å². The molecule has 0 amide bonds. The summed E-state index contributed by atoms with van der Waals surface area (Å²) in [5, 5.41) is 6.85. The van der Waals surface area contributed by atoms with E-state index in [-0.39, 0.29) is 28.7 Å².